The first-order chi connectivity index (χ1) is 13.9. The van der Waals surface area contributed by atoms with Gasteiger partial charge in [-0.05, 0) is 55.5 Å². The predicted octanol–water partition coefficient (Wildman–Crippen LogP) is 4.92. The van der Waals surface area contributed by atoms with Gasteiger partial charge < -0.3 is 19.8 Å². The molecule has 6 nitrogen and oxygen atoms in total. The van der Waals surface area contributed by atoms with Gasteiger partial charge >= 0.3 is 0 Å². The molecule has 29 heavy (non-hydrogen) atoms. The van der Waals surface area contributed by atoms with Crippen LogP contribution < -0.4 is 15.4 Å². The van der Waals surface area contributed by atoms with Crippen molar-refractivity contribution in [2.24, 2.45) is 0 Å². The molecule has 0 fully saturated rings. The van der Waals surface area contributed by atoms with Crippen LogP contribution in [0.4, 0.5) is 5.69 Å². The number of benzene rings is 2. The lowest BCUT2D eigenvalue weighted by Crippen LogP contribution is -2.30. The van der Waals surface area contributed by atoms with Gasteiger partial charge in [0.15, 0.2) is 6.10 Å². The highest BCUT2D eigenvalue weighted by Gasteiger charge is 2.17. The number of nitrogens with one attached hydrogen (secondary N) is 2. The fourth-order valence-electron chi connectivity index (χ4n) is 2.48. The summed E-state index contributed by atoms with van der Waals surface area (Å²) in [5.41, 5.74) is 0.877. The molecule has 0 aliphatic heterocycles. The van der Waals surface area contributed by atoms with Gasteiger partial charge in [0.2, 0.25) is 0 Å². The van der Waals surface area contributed by atoms with E-state index in [0.29, 0.717) is 32.8 Å². The third-order valence-corrected chi connectivity index (χ3v) is 4.49. The molecule has 150 valence electrons. The highest BCUT2D eigenvalue weighted by atomic mass is 35.5. The van der Waals surface area contributed by atoms with Crippen molar-refractivity contribution in [3.63, 3.8) is 0 Å². The summed E-state index contributed by atoms with van der Waals surface area (Å²) in [6, 6.07) is 14.9. The van der Waals surface area contributed by atoms with Crippen molar-refractivity contribution in [3.8, 4) is 5.75 Å². The topological polar surface area (TPSA) is 80.6 Å². The number of furan rings is 1. The molecule has 0 spiro atoms. The fraction of sp³-hybridized carbons (Fsp3) is 0.143. The molecule has 0 aliphatic rings. The van der Waals surface area contributed by atoms with Crippen LogP contribution >= 0.6 is 23.2 Å². The molecule has 1 unspecified atom stereocenters. The van der Waals surface area contributed by atoms with Crippen molar-refractivity contribution in [2.75, 3.05) is 5.32 Å². The second-order valence-corrected chi connectivity index (χ2v) is 7.01. The Morgan fingerprint density at radius 2 is 1.93 bits per heavy atom. The number of carbonyl (C=O) groups excluding carboxylic acids is 2. The van der Waals surface area contributed by atoms with E-state index in [9.17, 15) is 9.59 Å². The molecule has 2 aromatic carbocycles. The molecule has 1 atom stereocenters. The van der Waals surface area contributed by atoms with Crippen LogP contribution in [0.2, 0.25) is 10.0 Å². The molecule has 8 heteroatoms. The van der Waals surface area contributed by atoms with Gasteiger partial charge in [0.25, 0.3) is 11.8 Å². The van der Waals surface area contributed by atoms with Crippen molar-refractivity contribution >= 4 is 40.7 Å². The van der Waals surface area contributed by atoms with Crippen LogP contribution in [0.3, 0.4) is 0 Å². The molecule has 0 saturated carbocycles. The summed E-state index contributed by atoms with van der Waals surface area (Å²) < 4.78 is 10.8. The third kappa shape index (κ3) is 5.76. The summed E-state index contributed by atoms with van der Waals surface area (Å²) in [7, 11) is 0. The number of anilines is 1. The van der Waals surface area contributed by atoms with E-state index in [1.807, 2.05) is 0 Å². The van der Waals surface area contributed by atoms with Crippen LogP contribution in [0, 0.1) is 0 Å². The van der Waals surface area contributed by atoms with Gasteiger partial charge in [0.1, 0.15) is 11.5 Å². The number of ether oxygens (including phenoxy) is 1. The number of hydrogen-bond acceptors (Lipinski definition) is 4. The van der Waals surface area contributed by atoms with Crippen LogP contribution in [0.1, 0.15) is 23.0 Å². The average Bonchev–Trinajstić information content (AvgIpc) is 3.22. The van der Waals surface area contributed by atoms with Crippen molar-refractivity contribution in [3.05, 3.63) is 82.2 Å². The second kappa shape index (κ2) is 9.49. The van der Waals surface area contributed by atoms with Crippen molar-refractivity contribution in [2.45, 2.75) is 19.6 Å². The van der Waals surface area contributed by atoms with Gasteiger partial charge in [0.05, 0.1) is 17.8 Å². The van der Waals surface area contributed by atoms with E-state index in [1.54, 1.807) is 55.5 Å². The molecule has 3 rings (SSSR count). The Morgan fingerprint density at radius 3 is 2.66 bits per heavy atom. The standard InChI is InChI=1S/C21H18Cl2N2O4/c1-13(29-19-8-7-15(22)11-18(19)23)20(26)25-16-5-2-4-14(10-16)21(27)24-12-17-6-3-9-28-17/h2-11,13H,12H2,1H3,(H,24,27)(H,25,26). The maximum Gasteiger partial charge on any atom is 0.265 e. The molecular weight excluding hydrogens is 415 g/mol. The lowest BCUT2D eigenvalue weighted by molar-refractivity contribution is -0.122. The van der Waals surface area contributed by atoms with Crippen LogP contribution in [0.25, 0.3) is 0 Å². The highest BCUT2D eigenvalue weighted by molar-refractivity contribution is 6.35. The smallest absolute Gasteiger partial charge is 0.265 e. The second-order valence-electron chi connectivity index (χ2n) is 6.17. The van der Waals surface area contributed by atoms with E-state index in [0.717, 1.165) is 0 Å². The monoisotopic (exact) mass is 432 g/mol. The minimum atomic E-state index is -0.815. The van der Waals surface area contributed by atoms with E-state index in [-0.39, 0.29) is 18.4 Å². The SMILES string of the molecule is CC(Oc1ccc(Cl)cc1Cl)C(=O)Nc1cccc(C(=O)NCc2ccco2)c1. The third-order valence-electron chi connectivity index (χ3n) is 3.96. The lowest BCUT2D eigenvalue weighted by Gasteiger charge is -2.16. The molecule has 0 radical (unpaired) electrons. The molecule has 0 saturated heterocycles. The van der Waals surface area contributed by atoms with E-state index in [4.69, 9.17) is 32.4 Å². The van der Waals surface area contributed by atoms with Crippen LogP contribution in [0.15, 0.2) is 65.3 Å². The van der Waals surface area contributed by atoms with Gasteiger partial charge in [-0.15, -0.1) is 0 Å². The van der Waals surface area contributed by atoms with Gasteiger partial charge in [-0.25, -0.2) is 0 Å². The largest absolute Gasteiger partial charge is 0.479 e. The Hall–Kier alpha value is -2.96. The summed E-state index contributed by atoms with van der Waals surface area (Å²) in [5, 5.41) is 6.26. The number of carbonyl (C=O) groups is 2. The molecule has 1 aromatic heterocycles. The molecule has 0 bridgehead atoms. The Kier molecular flexibility index (Phi) is 6.80. The molecule has 3 aromatic rings. The quantitative estimate of drug-likeness (QED) is 0.554. The first kappa shape index (κ1) is 20.8. The van der Waals surface area contributed by atoms with Crippen molar-refractivity contribution < 1.29 is 18.7 Å². The molecule has 1 heterocycles. The number of halogens is 2. The predicted molar refractivity (Wildman–Crippen MR) is 112 cm³/mol. The molecule has 2 N–H and O–H groups in total. The number of rotatable bonds is 7. The van der Waals surface area contributed by atoms with E-state index < -0.39 is 6.10 Å². The van der Waals surface area contributed by atoms with Gasteiger partial charge in [-0.2, -0.15) is 0 Å². The summed E-state index contributed by atoms with van der Waals surface area (Å²) in [6.45, 7) is 1.87. The van der Waals surface area contributed by atoms with Crippen LogP contribution in [0.5, 0.6) is 5.75 Å². The van der Waals surface area contributed by atoms with Crippen molar-refractivity contribution in [1.29, 1.82) is 0 Å². The average molecular weight is 433 g/mol. The zero-order valence-corrected chi connectivity index (χ0v) is 17.0. The minimum Gasteiger partial charge on any atom is -0.479 e. The van der Waals surface area contributed by atoms with Gasteiger partial charge in [-0.3, -0.25) is 9.59 Å². The Morgan fingerprint density at radius 1 is 1.10 bits per heavy atom. The summed E-state index contributed by atoms with van der Waals surface area (Å²) in [6.07, 6.45) is 0.725. The Bertz CT molecular complexity index is 1010. The highest BCUT2D eigenvalue weighted by Crippen LogP contribution is 2.28. The Balaban J connectivity index is 1.59. The fourth-order valence-corrected chi connectivity index (χ4v) is 2.93. The zero-order chi connectivity index (χ0) is 20.8. The molecule has 2 amide bonds. The van der Waals surface area contributed by atoms with E-state index in [2.05, 4.69) is 10.6 Å². The summed E-state index contributed by atoms with van der Waals surface area (Å²) >= 11 is 11.9. The molecular formula is C21H18Cl2N2O4. The van der Waals surface area contributed by atoms with E-state index in [1.165, 1.54) is 12.3 Å². The van der Waals surface area contributed by atoms with Crippen molar-refractivity contribution in [1.82, 2.24) is 5.32 Å². The first-order valence-corrected chi connectivity index (χ1v) is 9.51. The van der Waals surface area contributed by atoms with Gasteiger partial charge in [-0.1, -0.05) is 29.3 Å². The first-order valence-electron chi connectivity index (χ1n) is 8.75. The normalized spacial score (nSPS) is 11.6. The maximum atomic E-state index is 12.4. The van der Waals surface area contributed by atoms with E-state index >= 15 is 0 Å². The maximum absolute atomic E-state index is 12.4. The zero-order valence-electron chi connectivity index (χ0n) is 15.4. The number of hydrogen-bond donors (Lipinski definition) is 2. The number of amides is 2. The lowest BCUT2D eigenvalue weighted by atomic mass is 10.2. The summed E-state index contributed by atoms with van der Waals surface area (Å²) in [4.78, 5) is 24.7. The van der Waals surface area contributed by atoms with Crippen LogP contribution in [-0.4, -0.2) is 17.9 Å². The van der Waals surface area contributed by atoms with Crippen LogP contribution in [-0.2, 0) is 11.3 Å². The minimum absolute atomic E-state index is 0.273. The summed E-state index contributed by atoms with van der Waals surface area (Å²) in [5.74, 6) is 0.332. The van der Waals surface area contributed by atoms with Gasteiger partial charge in [0, 0.05) is 16.3 Å². The Labute approximate surface area is 177 Å². The molecule has 0 aliphatic carbocycles.